The second-order valence-electron chi connectivity index (χ2n) is 8.31. The summed E-state index contributed by atoms with van der Waals surface area (Å²) in [5, 5.41) is 0. The second-order valence-corrected chi connectivity index (χ2v) is 8.31. The van der Waals surface area contributed by atoms with Crippen molar-refractivity contribution in [3.8, 4) is 0 Å². The van der Waals surface area contributed by atoms with Gasteiger partial charge in [-0.2, -0.15) is 0 Å². The highest BCUT2D eigenvalue weighted by molar-refractivity contribution is 5.39. The van der Waals surface area contributed by atoms with Crippen molar-refractivity contribution in [3.05, 3.63) is 35.6 Å². The van der Waals surface area contributed by atoms with Gasteiger partial charge in [0.2, 0.25) is 0 Å². The fourth-order valence-electron chi connectivity index (χ4n) is 5.09. The van der Waals surface area contributed by atoms with Crippen molar-refractivity contribution in [2.24, 2.45) is 34.3 Å². The predicted octanol–water partition coefficient (Wildman–Crippen LogP) is 5.20. The molecule has 0 radical (unpaired) electrons. The van der Waals surface area contributed by atoms with Crippen LogP contribution in [0.5, 0.6) is 0 Å². The fourth-order valence-corrected chi connectivity index (χ4v) is 5.09. The van der Waals surface area contributed by atoms with Crippen LogP contribution in [0.15, 0.2) is 35.6 Å². The van der Waals surface area contributed by atoms with Crippen LogP contribution in [-0.4, -0.2) is 0 Å². The molecule has 3 aliphatic rings. The van der Waals surface area contributed by atoms with E-state index in [4.69, 9.17) is 5.73 Å². The van der Waals surface area contributed by atoms with Crippen LogP contribution in [0.1, 0.15) is 59.8 Å². The average molecular weight is 285 g/mol. The van der Waals surface area contributed by atoms with Gasteiger partial charge in [0.15, 0.2) is 0 Å². The maximum Gasteiger partial charge on any atom is 0.0149 e. The first kappa shape index (κ1) is 14.9. The summed E-state index contributed by atoms with van der Waals surface area (Å²) in [6, 6.07) is 0. The molecule has 1 nitrogen and oxygen atoms in total. The Hall–Kier alpha value is -0.980. The topological polar surface area (TPSA) is 26.0 Å². The predicted molar refractivity (Wildman–Crippen MR) is 90.6 cm³/mol. The summed E-state index contributed by atoms with van der Waals surface area (Å²) >= 11 is 0. The van der Waals surface area contributed by atoms with Gasteiger partial charge in [-0.25, -0.2) is 0 Å². The van der Waals surface area contributed by atoms with Crippen LogP contribution in [0.4, 0.5) is 0 Å². The Bertz CT molecular complexity index is 522. The van der Waals surface area contributed by atoms with Gasteiger partial charge in [0.1, 0.15) is 0 Å². The van der Waals surface area contributed by atoms with E-state index in [1.54, 1.807) is 5.57 Å². The standard InChI is InChI=1S/C20H31N/c1-6-15-9-16-11-17(21)12-20(16)8-7-13(2)19(4,5)18(10-15)14(20)3/h10,12-13,16,18H,3,6-9,11,21H2,1-2,4-5H3. The SMILES string of the molecule is C=C1C2C=C(CC)CC3CC(N)=CC13CCC(C)C2(C)C. The van der Waals surface area contributed by atoms with Gasteiger partial charge in [-0.1, -0.05) is 57.6 Å². The highest BCUT2D eigenvalue weighted by Crippen LogP contribution is 2.61. The Labute approximate surface area is 130 Å². The zero-order chi connectivity index (χ0) is 15.4. The molecule has 4 atom stereocenters. The van der Waals surface area contributed by atoms with Crippen LogP contribution in [0.2, 0.25) is 0 Å². The van der Waals surface area contributed by atoms with Crippen LogP contribution in [0.25, 0.3) is 0 Å². The van der Waals surface area contributed by atoms with E-state index in [9.17, 15) is 0 Å². The molecule has 0 aromatic carbocycles. The van der Waals surface area contributed by atoms with Gasteiger partial charge in [-0.3, -0.25) is 0 Å². The third-order valence-electron chi connectivity index (χ3n) is 7.05. The highest BCUT2D eigenvalue weighted by Gasteiger charge is 2.52. The molecule has 3 rings (SSSR count). The lowest BCUT2D eigenvalue weighted by Crippen LogP contribution is -2.32. The number of allylic oxidation sites excluding steroid dienone is 5. The van der Waals surface area contributed by atoms with Crippen molar-refractivity contribution in [2.45, 2.75) is 59.8 Å². The van der Waals surface area contributed by atoms with E-state index >= 15 is 0 Å². The van der Waals surface area contributed by atoms with Gasteiger partial charge in [0.25, 0.3) is 0 Å². The second kappa shape index (κ2) is 4.76. The van der Waals surface area contributed by atoms with E-state index < -0.39 is 0 Å². The molecule has 0 heterocycles. The first-order valence-electron chi connectivity index (χ1n) is 8.67. The molecule has 1 spiro atoms. The number of hydrogen-bond acceptors (Lipinski definition) is 1. The third kappa shape index (κ3) is 2.04. The number of fused-ring (bicyclic) bond motifs is 1. The van der Waals surface area contributed by atoms with Crippen molar-refractivity contribution in [1.82, 2.24) is 0 Å². The Morgan fingerprint density at radius 3 is 2.71 bits per heavy atom. The van der Waals surface area contributed by atoms with Crippen molar-refractivity contribution in [1.29, 1.82) is 0 Å². The Balaban J connectivity index is 2.17. The Morgan fingerprint density at radius 1 is 1.33 bits per heavy atom. The van der Waals surface area contributed by atoms with Gasteiger partial charge in [0, 0.05) is 17.0 Å². The first-order chi connectivity index (χ1) is 9.81. The molecule has 0 aromatic heterocycles. The molecular weight excluding hydrogens is 254 g/mol. The van der Waals surface area contributed by atoms with Gasteiger partial charge in [0.05, 0.1) is 0 Å². The molecule has 1 fully saturated rings. The zero-order valence-electron chi connectivity index (χ0n) is 14.2. The van der Waals surface area contributed by atoms with E-state index in [0.29, 0.717) is 17.3 Å². The largest absolute Gasteiger partial charge is 0.402 e. The van der Waals surface area contributed by atoms with E-state index in [1.165, 1.54) is 31.3 Å². The molecular formula is C20H31N. The van der Waals surface area contributed by atoms with Crippen LogP contribution in [0, 0.1) is 28.6 Å². The third-order valence-corrected chi connectivity index (χ3v) is 7.05. The van der Waals surface area contributed by atoms with E-state index in [-0.39, 0.29) is 5.41 Å². The van der Waals surface area contributed by atoms with Crippen LogP contribution in [0.3, 0.4) is 0 Å². The number of nitrogens with two attached hydrogens (primary N) is 1. The van der Waals surface area contributed by atoms with Gasteiger partial charge >= 0.3 is 0 Å². The molecule has 116 valence electrons. The lowest BCUT2D eigenvalue weighted by Gasteiger charge is -2.40. The molecule has 1 saturated carbocycles. The molecule has 2 bridgehead atoms. The Morgan fingerprint density at radius 2 is 2.05 bits per heavy atom. The normalized spacial score (nSPS) is 41.7. The monoisotopic (exact) mass is 285 g/mol. The number of hydrogen-bond donors (Lipinski definition) is 1. The molecule has 2 N–H and O–H groups in total. The Kier molecular flexibility index (Phi) is 3.39. The maximum atomic E-state index is 6.28. The minimum absolute atomic E-state index is 0.171. The molecule has 0 amide bonds. The quantitative estimate of drug-likeness (QED) is 0.658. The summed E-state index contributed by atoms with van der Waals surface area (Å²) in [4.78, 5) is 0. The minimum Gasteiger partial charge on any atom is -0.402 e. The summed E-state index contributed by atoms with van der Waals surface area (Å²) in [5.74, 6) is 1.88. The summed E-state index contributed by atoms with van der Waals surface area (Å²) in [5.41, 5.74) is 10.9. The molecule has 0 aliphatic heterocycles. The van der Waals surface area contributed by atoms with Crippen LogP contribution in [-0.2, 0) is 0 Å². The maximum absolute atomic E-state index is 6.28. The molecule has 3 aliphatic carbocycles. The van der Waals surface area contributed by atoms with Gasteiger partial charge in [-0.15, -0.1) is 0 Å². The summed E-state index contributed by atoms with van der Waals surface area (Å²) in [6.07, 6.45) is 11.0. The molecule has 4 unspecified atom stereocenters. The van der Waals surface area contributed by atoms with E-state index in [2.05, 4.69) is 46.4 Å². The summed E-state index contributed by atoms with van der Waals surface area (Å²) in [6.45, 7) is 14.3. The van der Waals surface area contributed by atoms with Crippen LogP contribution >= 0.6 is 0 Å². The van der Waals surface area contributed by atoms with Gasteiger partial charge < -0.3 is 5.73 Å². The molecule has 0 aromatic rings. The first-order valence-corrected chi connectivity index (χ1v) is 8.67. The van der Waals surface area contributed by atoms with E-state index in [0.717, 1.165) is 18.0 Å². The zero-order valence-corrected chi connectivity index (χ0v) is 14.2. The number of rotatable bonds is 1. The molecule has 0 saturated heterocycles. The minimum atomic E-state index is 0.171. The highest BCUT2D eigenvalue weighted by atomic mass is 14.7. The molecule has 1 heteroatoms. The van der Waals surface area contributed by atoms with Crippen LogP contribution < -0.4 is 5.73 Å². The van der Waals surface area contributed by atoms with Crippen molar-refractivity contribution in [2.75, 3.05) is 0 Å². The van der Waals surface area contributed by atoms with Crippen molar-refractivity contribution < 1.29 is 0 Å². The summed E-state index contributed by atoms with van der Waals surface area (Å²) in [7, 11) is 0. The van der Waals surface area contributed by atoms with Gasteiger partial charge in [-0.05, 0) is 49.4 Å². The lowest BCUT2D eigenvalue weighted by molar-refractivity contribution is 0.182. The summed E-state index contributed by atoms with van der Waals surface area (Å²) < 4.78 is 0. The molecule has 21 heavy (non-hydrogen) atoms. The van der Waals surface area contributed by atoms with Crippen molar-refractivity contribution in [3.63, 3.8) is 0 Å². The average Bonchev–Trinajstić information content (AvgIpc) is 2.67. The lowest BCUT2D eigenvalue weighted by atomic mass is 9.64. The van der Waals surface area contributed by atoms with Crippen molar-refractivity contribution >= 4 is 0 Å². The smallest absolute Gasteiger partial charge is 0.0149 e. The van der Waals surface area contributed by atoms with E-state index in [1.807, 2.05) is 0 Å². The fraction of sp³-hybridized carbons (Fsp3) is 0.700.